The van der Waals surface area contributed by atoms with Crippen LogP contribution in [0.1, 0.15) is 15.9 Å². The number of carbonyl (C=O) groups excluding carboxylic acids is 1. The van der Waals surface area contributed by atoms with Gasteiger partial charge in [-0.2, -0.15) is 0 Å². The second-order valence-electron chi connectivity index (χ2n) is 4.34. The fraction of sp³-hybridized carbons (Fsp3) is 0.133. The van der Waals surface area contributed by atoms with Crippen molar-refractivity contribution >= 4 is 11.7 Å². The Kier molecular flexibility index (Phi) is 4.18. The summed E-state index contributed by atoms with van der Waals surface area (Å²) in [6, 6.07) is 11.0. The molecule has 0 atom stereocenters. The van der Waals surface area contributed by atoms with E-state index >= 15 is 0 Å². The van der Waals surface area contributed by atoms with Gasteiger partial charge in [0, 0.05) is 12.1 Å². The van der Waals surface area contributed by atoms with Crippen molar-refractivity contribution in [3.63, 3.8) is 0 Å². The molecule has 0 saturated heterocycles. The molecule has 0 saturated carbocycles. The van der Waals surface area contributed by atoms with Gasteiger partial charge in [0.1, 0.15) is 17.1 Å². The van der Waals surface area contributed by atoms with Crippen molar-refractivity contribution in [1.29, 1.82) is 0 Å². The fourth-order valence-electron chi connectivity index (χ4n) is 1.72. The monoisotopic (exact) mass is 287 g/mol. The summed E-state index contributed by atoms with van der Waals surface area (Å²) in [7, 11) is 1.21. The maximum atomic E-state index is 11.7. The zero-order valence-electron chi connectivity index (χ0n) is 11.5. The molecule has 0 aliphatic heterocycles. The van der Waals surface area contributed by atoms with Gasteiger partial charge in [0.15, 0.2) is 0 Å². The van der Waals surface area contributed by atoms with Crippen LogP contribution in [-0.4, -0.2) is 18.0 Å². The predicted molar refractivity (Wildman–Crippen MR) is 75.7 cm³/mol. The number of methoxy groups -OCH3 is 1. The van der Waals surface area contributed by atoms with Gasteiger partial charge in [-0.25, -0.2) is 4.79 Å². The maximum absolute atomic E-state index is 11.7. The van der Waals surface area contributed by atoms with Gasteiger partial charge in [0.25, 0.3) is 5.69 Å². The fourth-order valence-corrected chi connectivity index (χ4v) is 1.72. The molecule has 108 valence electrons. The number of benzene rings is 2. The molecule has 0 bridgehead atoms. The van der Waals surface area contributed by atoms with Crippen molar-refractivity contribution in [3.05, 3.63) is 63.7 Å². The molecule has 6 nitrogen and oxygen atoms in total. The molecule has 6 heteroatoms. The predicted octanol–water partition coefficient (Wildman–Crippen LogP) is 3.48. The lowest BCUT2D eigenvalue weighted by molar-refractivity contribution is -0.384. The summed E-state index contributed by atoms with van der Waals surface area (Å²) in [6.45, 7) is 1.94. The Bertz CT molecular complexity index is 679. The molecule has 0 unspecified atom stereocenters. The molecule has 0 amide bonds. The SMILES string of the molecule is COC(=O)c1cc([N+](=O)[O-])ccc1Oc1ccc(C)cc1. The first-order valence-corrected chi connectivity index (χ1v) is 6.12. The van der Waals surface area contributed by atoms with Crippen LogP contribution >= 0.6 is 0 Å². The highest BCUT2D eigenvalue weighted by atomic mass is 16.6. The van der Waals surface area contributed by atoms with Crippen LogP contribution in [0.2, 0.25) is 0 Å². The van der Waals surface area contributed by atoms with E-state index in [1.807, 2.05) is 19.1 Å². The van der Waals surface area contributed by atoms with E-state index < -0.39 is 10.9 Å². The topological polar surface area (TPSA) is 78.7 Å². The Labute approximate surface area is 121 Å². The summed E-state index contributed by atoms with van der Waals surface area (Å²) in [6.07, 6.45) is 0. The Balaban J connectivity index is 2.40. The lowest BCUT2D eigenvalue weighted by Gasteiger charge is -2.10. The second-order valence-corrected chi connectivity index (χ2v) is 4.34. The van der Waals surface area contributed by atoms with Crippen molar-refractivity contribution in [3.8, 4) is 11.5 Å². The third-order valence-electron chi connectivity index (χ3n) is 2.83. The van der Waals surface area contributed by atoms with Crippen LogP contribution in [0.3, 0.4) is 0 Å². The Hall–Kier alpha value is -2.89. The summed E-state index contributed by atoms with van der Waals surface area (Å²) in [5, 5.41) is 10.8. The molecule has 21 heavy (non-hydrogen) atoms. The summed E-state index contributed by atoms with van der Waals surface area (Å²) in [5.41, 5.74) is 0.873. The molecule has 0 fully saturated rings. The number of rotatable bonds is 4. The van der Waals surface area contributed by atoms with E-state index in [0.29, 0.717) is 5.75 Å². The van der Waals surface area contributed by atoms with Crippen molar-refractivity contribution in [2.24, 2.45) is 0 Å². The van der Waals surface area contributed by atoms with Crippen LogP contribution in [0.5, 0.6) is 11.5 Å². The average Bonchev–Trinajstić information content (AvgIpc) is 2.49. The molecule has 0 aromatic heterocycles. The van der Waals surface area contributed by atoms with E-state index in [0.717, 1.165) is 11.6 Å². The molecule has 2 aromatic carbocycles. The van der Waals surface area contributed by atoms with Gasteiger partial charge in [-0.05, 0) is 25.1 Å². The zero-order valence-corrected chi connectivity index (χ0v) is 11.5. The third-order valence-corrected chi connectivity index (χ3v) is 2.83. The molecule has 0 heterocycles. The average molecular weight is 287 g/mol. The largest absolute Gasteiger partial charge is 0.465 e. The lowest BCUT2D eigenvalue weighted by atomic mass is 10.1. The molecule has 0 aliphatic rings. The third kappa shape index (κ3) is 3.36. The van der Waals surface area contributed by atoms with Gasteiger partial charge < -0.3 is 9.47 Å². The van der Waals surface area contributed by atoms with Gasteiger partial charge in [0.2, 0.25) is 0 Å². The van der Waals surface area contributed by atoms with E-state index in [2.05, 4.69) is 4.74 Å². The molecule has 2 aromatic rings. The number of esters is 1. The maximum Gasteiger partial charge on any atom is 0.341 e. The number of carbonyl (C=O) groups is 1. The second kappa shape index (κ2) is 6.04. The van der Waals surface area contributed by atoms with E-state index in [9.17, 15) is 14.9 Å². The minimum absolute atomic E-state index is 0.00674. The van der Waals surface area contributed by atoms with Gasteiger partial charge in [-0.3, -0.25) is 10.1 Å². The van der Waals surface area contributed by atoms with Crippen molar-refractivity contribution in [2.45, 2.75) is 6.92 Å². The van der Waals surface area contributed by atoms with Crippen LogP contribution in [-0.2, 0) is 4.74 Å². The number of non-ortho nitro benzene ring substituents is 1. The van der Waals surface area contributed by atoms with Crippen molar-refractivity contribution in [2.75, 3.05) is 7.11 Å². The van der Waals surface area contributed by atoms with Gasteiger partial charge >= 0.3 is 5.97 Å². The minimum atomic E-state index is -0.694. The number of aryl methyl sites for hydroxylation is 1. The smallest absolute Gasteiger partial charge is 0.341 e. The Morgan fingerprint density at radius 3 is 2.38 bits per heavy atom. The number of nitro benzene ring substituents is 1. The van der Waals surface area contributed by atoms with Crippen molar-refractivity contribution < 1.29 is 19.2 Å². The zero-order chi connectivity index (χ0) is 15.4. The first-order chi connectivity index (χ1) is 10.0. The Morgan fingerprint density at radius 2 is 1.81 bits per heavy atom. The molecular weight excluding hydrogens is 274 g/mol. The van der Waals surface area contributed by atoms with Gasteiger partial charge in [0.05, 0.1) is 12.0 Å². The summed E-state index contributed by atoms with van der Waals surface area (Å²) in [4.78, 5) is 21.9. The first kappa shape index (κ1) is 14.5. The molecule has 0 aliphatic carbocycles. The van der Waals surface area contributed by atoms with Gasteiger partial charge in [-0.1, -0.05) is 17.7 Å². The standard InChI is InChI=1S/C15H13NO5/c1-10-3-6-12(7-4-10)21-14-8-5-11(16(18)19)9-13(14)15(17)20-2/h3-9H,1-2H3. The first-order valence-electron chi connectivity index (χ1n) is 6.12. The summed E-state index contributed by atoms with van der Waals surface area (Å²) < 4.78 is 10.2. The van der Waals surface area contributed by atoms with Crippen LogP contribution in [0.25, 0.3) is 0 Å². The molecular formula is C15H13NO5. The molecule has 0 spiro atoms. The normalized spacial score (nSPS) is 10.0. The van der Waals surface area contributed by atoms with Crippen LogP contribution in [0, 0.1) is 17.0 Å². The quantitative estimate of drug-likeness (QED) is 0.488. The van der Waals surface area contributed by atoms with E-state index in [4.69, 9.17) is 4.74 Å². The van der Waals surface area contributed by atoms with Gasteiger partial charge in [-0.15, -0.1) is 0 Å². The highest BCUT2D eigenvalue weighted by molar-refractivity contribution is 5.93. The number of nitrogens with zero attached hydrogens (tertiary/aromatic N) is 1. The minimum Gasteiger partial charge on any atom is -0.465 e. The number of hydrogen-bond acceptors (Lipinski definition) is 5. The molecule has 2 rings (SSSR count). The number of ether oxygens (including phenoxy) is 2. The summed E-state index contributed by atoms with van der Waals surface area (Å²) in [5.74, 6) is 0.0386. The highest BCUT2D eigenvalue weighted by Gasteiger charge is 2.18. The van der Waals surface area contributed by atoms with E-state index in [1.165, 1.54) is 19.2 Å². The Morgan fingerprint density at radius 1 is 1.14 bits per heavy atom. The highest BCUT2D eigenvalue weighted by Crippen LogP contribution is 2.29. The van der Waals surface area contributed by atoms with E-state index in [-0.39, 0.29) is 17.0 Å². The van der Waals surface area contributed by atoms with Crippen LogP contribution in [0.15, 0.2) is 42.5 Å². The lowest BCUT2D eigenvalue weighted by Crippen LogP contribution is -2.04. The number of hydrogen-bond donors (Lipinski definition) is 0. The number of nitro groups is 1. The van der Waals surface area contributed by atoms with E-state index in [1.54, 1.807) is 12.1 Å². The summed E-state index contributed by atoms with van der Waals surface area (Å²) >= 11 is 0. The van der Waals surface area contributed by atoms with Crippen LogP contribution < -0.4 is 4.74 Å². The van der Waals surface area contributed by atoms with Crippen molar-refractivity contribution in [1.82, 2.24) is 0 Å². The molecule has 0 radical (unpaired) electrons. The van der Waals surface area contributed by atoms with Crippen LogP contribution in [0.4, 0.5) is 5.69 Å². The molecule has 0 N–H and O–H groups in total.